The van der Waals surface area contributed by atoms with Crippen LogP contribution in [0.25, 0.3) is 0 Å². The number of rotatable bonds is 5. The largest absolute Gasteiger partial charge is 0.435 e. The average molecular weight is 253 g/mol. The zero-order valence-electron chi connectivity index (χ0n) is 10.7. The van der Waals surface area contributed by atoms with Crippen LogP contribution in [0.3, 0.4) is 0 Å². The maximum absolute atomic E-state index is 12.0. The van der Waals surface area contributed by atoms with E-state index in [0.29, 0.717) is 0 Å². The highest BCUT2D eigenvalue weighted by atomic mass is 19.3. The minimum absolute atomic E-state index is 0.0247. The number of hydrogen-bond donors (Lipinski definition) is 1. The van der Waals surface area contributed by atoms with Crippen molar-refractivity contribution < 1.29 is 13.5 Å². The van der Waals surface area contributed by atoms with Gasteiger partial charge in [0.25, 0.3) is 0 Å². The molecule has 0 fully saturated rings. The molecule has 0 heterocycles. The molecule has 1 unspecified atom stereocenters. The lowest BCUT2D eigenvalue weighted by molar-refractivity contribution is -0.0498. The predicted octanol–water partition coefficient (Wildman–Crippen LogP) is 3.35. The molecule has 0 radical (unpaired) electrons. The van der Waals surface area contributed by atoms with Gasteiger partial charge < -0.3 is 4.74 Å². The molecule has 98 valence electrons. The van der Waals surface area contributed by atoms with Gasteiger partial charge in [0.2, 0.25) is 0 Å². The Balaban J connectivity index is 2.71. The van der Waals surface area contributed by atoms with Gasteiger partial charge >= 0.3 is 6.61 Å². The maximum atomic E-state index is 12.0. The van der Waals surface area contributed by atoms with Crippen molar-refractivity contribution in [3.05, 3.63) is 29.8 Å². The first-order chi connectivity index (χ1) is 8.34. The monoisotopic (exact) mass is 253 g/mol. The molecule has 1 aromatic rings. The van der Waals surface area contributed by atoms with Crippen LogP contribution in [-0.2, 0) is 0 Å². The second kappa shape index (κ2) is 5.83. The van der Waals surface area contributed by atoms with Gasteiger partial charge in [-0.25, -0.2) is 0 Å². The summed E-state index contributed by atoms with van der Waals surface area (Å²) in [4.78, 5) is 0. The van der Waals surface area contributed by atoms with Gasteiger partial charge in [-0.3, -0.25) is 5.32 Å². The third-order valence-corrected chi connectivity index (χ3v) is 2.54. The first kappa shape index (κ1) is 14.5. The summed E-state index contributed by atoms with van der Waals surface area (Å²) in [6.45, 7) is 2.96. The summed E-state index contributed by atoms with van der Waals surface area (Å²) >= 11 is 0. The number of nitrogens with one attached hydrogen (secondary N) is 1. The first-order valence-electron chi connectivity index (χ1n) is 5.64. The van der Waals surface area contributed by atoms with Crippen LogP contribution in [0.15, 0.2) is 24.3 Å². The fraction of sp³-hybridized carbons (Fsp3) is 0.429. The molecular formula is C14H17F2NO. The molecule has 4 heteroatoms. The Labute approximate surface area is 106 Å². The molecule has 1 atom stereocenters. The van der Waals surface area contributed by atoms with Crippen LogP contribution >= 0.6 is 0 Å². The quantitative estimate of drug-likeness (QED) is 0.812. The van der Waals surface area contributed by atoms with Crippen molar-refractivity contribution in [2.75, 3.05) is 0 Å². The van der Waals surface area contributed by atoms with E-state index in [1.165, 1.54) is 12.1 Å². The minimum atomic E-state index is -2.80. The standard InChI is InChI=1S/C14H17F2NO/c1-5-14(3,4)17-10(2)11-6-8-12(9-7-11)18-13(15)16/h1,6-10,13,17H,2-4H3. The van der Waals surface area contributed by atoms with Crippen molar-refractivity contribution in [3.63, 3.8) is 0 Å². The van der Waals surface area contributed by atoms with Crippen molar-refractivity contribution in [2.24, 2.45) is 0 Å². The number of benzene rings is 1. The molecule has 0 aliphatic heterocycles. The highest BCUT2D eigenvalue weighted by molar-refractivity contribution is 5.29. The van der Waals surface area contributed by atoms with Gasteiger partial charge in [-0.2, -0.15) is 8.78 Å². The molecular weight excluding hydrogens is 236 g/mol. The van der Waals surface area contributed by atoms with Crippen LogP contribution in [0.2, 0.25) is 0 Å². The van der Waals surface area contributed by atoms with E-state index >= 15 is 0 Å². The summed E-state index contributed by atoms with van der Waals surface area (Å²) in [6.07, 6.45) is 5.40. The van der Waals surface area contributed by atoms with Crippen LogP contribution in [0.5, 0.6) is 5.75 Å². The van der Waals surface area contributed by atoms with Crippen molar-refractivity contribution in [3.8, 4) is 18.1 Å². The summed E-state index contributed by atoms with van der Waals surface area (Å²) in [5.74, 6) is 2.79. The Kier molecular flexibility index (Phi) is 4.69. The zero-order valence-corrected chi connectivity index (χ0v) is 10.7. The van der Waals surface area contributed by atoms with Crippen molar-refractivity contribution in [1.29, 1.82) is 0 Å². The third kappa shape index (κ3) is 4.34. The van der Waals surface area contributed by atoms with Crippen LogP contribution in [-0.4, -0.2) is 12.2 Å². The van der Waals surface area contributed by atoms with Gasteiger partial charge in [0, 0.05) is 6.04 Å². The molecule has 2 nitrogen and oxygen atoms in total. The highest BCUT2D eigenvalue weighted by Gasteiger charge is 2.17. The Hall–Kier alpha value is -1.60. The van der Waals surface area contributed by atoms with E-state index in [1.807, 2.05) is 20.8 Å². The van der Waals surface area contributed by atoms with E-state index in [1.54, 1.807) is 12.1 Å². The Morgan fingerprint density at radius 2 is 1.83 bits per heavy atom. The Morgan fingerprint density at radius 1 is 1.28 bits per heavy atom. The van der Waals surface area contributed by atoms with E-state index < -0.39 is 12.2 Å². The second-order valence-corrected chi connectivity index (χ2v) is 4.58. The number of terminal acetylenes is 1. The van der Waals surface area contributed by atoms with Crippen LogP contribution < -0.4 is 10.1 Å². The van der Waals surface area contributed by atoms with Gasteiger partial charge in [0.15, 0.2) is 0 Å². The number of alkyl halides is 2. The van der Waals surface area contributed by atoms with E-state index in [0.717, 1.165) is 5.56 Å². The fourth-order valence-electron chi connectivity index (χ4n) is 1.60. The van der Waals surface area contributed by atoms with E-state index in [-0.39, 0.29) is 11.8 Å². The van der Waals surface area contributed by atoms with Gasteiger partial charge in [-0.05, 0) is 38.5 Å². The van der Waals surface area contributed by atoms with Crippen molar-refractivity contribution >= 4 is 0 Å². The second-order valence-electron chi connectivity index (χ2n) is 4.58. The molecule has 0 spiro atoms. The predicted molar refractivity (Wildman–Crippen MR) is 67.5 cm³/mol. The normalized spacial score (nSPS) is 13.2. The fourth-order valence-corrected chi connectivity index (χ4v) is 1.60. The summed E-state index contributed by atoms with van der Waals surface area (Å²) in [5.41, 5.74) is 0.539. The third-order valence-electron chi connectivity index (χ3n) is 2.54. The average Bonchev–Trinajstić information content (AvgIpc) is 2.28. The lowest BCUT2D eigenvalue weighted by atomic mass is 10.0. The number of ether oxygens (including phenoxy) is 1. The lowest BCUT2D eigenvalue weighted by Crippen LogP contribution is -2.39. The minimum Gasteiger partial charge on any atom is -0.435 e. The van der Waals surface area contributed by atoms with E-state index in [9.17, 15) is 8.78 Å². The van der Waals surface area contributed by atoms with Gasteiger partial charge in [0.1, 0.15) is 5.75 Å². The van der Waals surface area contributed by atoms with Crippen molar-refractivity contribution in [1.82, 2.24) is 5.32 Å². The summed E-state index contributed by atoms with van der Waals surface area (Å²) in [6, 6.07) is 6.53. The molecule has 18 heavy (non-hydrogen) atoms. The SMILES string of the molecule is C#CC(C)(C)NC(C)c1ccc(OC(F)F)cc1. The van der Waals surface area contributed by atoms with Gasteiger partial charge in [0.05, 0.1) is 5.54 Å². The molecule has 1 aromatic carbocycles. The summed E-state index contributed by atoms with van der Waals surface area (Å²) in [5, 5.41) is 3.26. The number of halogens is 2. The first-order valence-corrected chi connectivity index (χ1v) is 5.64. The molecule has 1 rings (SSSR count). The molecule has 0 aliphatic carbocycles. The zero-order chi connectivity index (χ0) is 13.8. The van der Waals surface area contributed by atoms with Crippen molar-refractivity contribution in [2.45, 2.75) is 39.0 Å². The summed E-state index contributed by atoms with van der Waals surface area (Å²) < 4.78 is 28.3. The smallest absolute Gasteiger partial charge is 0.387 e. The Bertz CT molecular complexity index is 420. The van der Waals surface area contributed by atoms with Gasteiger partial charge in [-0.15, -0.1) is 6.42 Å². The molecule has 0 aliphatic rings. The van der Waals surface area contributed by atoms with Gasteiger partial charge in [-0.1, -0.05) is 18.1 Å². The van der Waals surface area contributed by atoms with E-state index in [2.05, 4.69) is 16.0 Å². The molecule has 0 saturated carbocycles. The topological polar surface area (TPSA) is 21.3 Å². The van der Waals surface area contributed by atoms with Crippen LogP contribution in [0.1, 0.15) is 32.4 Å². The van der Waals surface area contributed by atoms with Crippen LogP contribution in [0.4, 0.5) is 8.78 Å². The Morgan fingerprint density at radius 3 is 2.28 bits per heavy atom. The molecule has 0 amide bonds. The number of hydrogen-bond acceptors (Lipinski definition) is 2. The van der Waals surface area contributed by atoms with E-state index in [4.69, 9.17) is 6.42 Å². The van der Waals surface area contributed by atoms with Crippen LogP contribution in [0, 0.1) is 12.3 Å². The summed E-state index contributed by atoms with van der Waals surface area (Å²) in [7, 11) is 0. The maximum Gasteiger partial charge on any atom is 0.387 e. The lowest BCUT2D eigenvalue weighted by Gasteiger charge is -2.25. The molecule has 0 aromatic heterocycles. The molecule has 0 bridgehead atoms. The molecule has 0 saturated heterocycles. The highest BCUT2D eigenvalue weighted by Crippen LogP contribution is 2.20. The molecule has 1 N–H and O–H groups in total.